The molecular formula is C22H23BiO. The van der Waals surface area contributed by atoms with Gasteiger partial charge in [-0.15, -0.1) is 0 Å². The van der Waals surface area contributed by atoms with E-state index >= 15 is 0 Å². The summed E-state index contributed by atoms with van der Waals surface area (Å²) in [6.45, 7) is 4.98. The molecule has 0 heterocycles. The van der Waals surface area contributed by atoms with Crippen molar-refractivity contribution in [1.29, 1.82) is 0 Å². The Morgan fingerprint density at radius 2 is 1.21 bits per heavy atom. The molecule has 3 aromatic carbocycles. The maximum atomic E-state index is 5.46. The normalized spacial score (nSPS) is 11.0. The zero-order chi connectivity index (χ0) is 16.9. The molecule has 0 aliphatic carbocycles. The Morgan fingerprint density at radius 3 is 1.71 bits per heavy atom. The molecular weight excluding hydrogens is 489 g/mol. The Labute approximate surface area is 153 Å². The third-order valence-corrected chi connectivity index (χ3v) is 14.0. The molecule has 0 bridgehead atoms. The van der Waals surface area contributed by atoms with Crippen molar-refractivity contribution in [3.63, 3.8) is 0 Å². The molecule has 3 rings (SSSR count). The fourth-order valence-electron chi connectivity index (χ4n) is 2.82. The summed E-state index contributed by atoms with van der Waals surface area (Å²) in [5.74, 6) is 0. The second-order valence-corrected chi connectivity index (χ2v) is 14.6. The standard InChI is InChI=1S/C8H9O.2C7H7.Bi/c1-9-7-8-5-3-2-4-6-8;2*1-7-5-3-2-4-6-7;/h2-5H,7H2,1H3;2*3-6H,1H3;. The molecule has 0 saturated heterocycles. The van der Waals surface area contributed by atoms with E-state index in [0.717, 1.165) is 0 Å². The summed E-state index contributed by atoms with van der Waals surface area (Å²) < 4.78 is 10.0. The van der Waals surface area contributed by atoms with E-state index in [2.05, 4.69) is 86.6 Å². The summed E-state index contributed by atoms with van der Waals surface area (Å²) >= 11 is -2.30. The average Bonchev–Trinajstić information content (AvgIpc) is 2.60. The first-order valence-corrected chi connectivity index (χ1v) is 13.4. The van der Waals surface area contributed by atoms with Crippen LogP contribution in [-0.4, -0.2) is 28.9 Å². The second-order valence-electron chi connectivity index (χ2n) is 6.07. The molecule has 0 amide bonds. The van der Waals surface area contributed by atoms with Gasteiger partial charge in [0, 0.05) is 0 Å². The van der Waals surface area contributed by atoms with Crippen LogP contribution < -0.4 is 9.81 Å². The Bertz CT molecular complexity index is 745. The first-order valence-electron chi connectivity index (χ1n) is 8.19. The van der Waals surface area contributed by atoms with E-state index in [9.17, 15) is 0 Å². The number of aryl methyl sites for hydroxylation is 2. The summed E-state index contributed by atoms with van der Waals surface area (Å²) in [4.78, 5) is 0. The summed E-state index contributed by atoms with van der Waals surface area (Å²) in [7, 11) is 1.78. The fraction of sp³-hybridized carbons (Fsp3) is 0.182. The van der Waals surface area contributed by atoms with E-state index in [1.807, 2.05) is 0 Å². The van der Waals surface area contributed by atoms with Crippen LogP contribution >= 0.6 is 0 Å². The van der Waals surface area contributed by atoms with Crippen LogP contribution in [0, 0.1) is 13.8 Å². The molecule has 0 atom stereocenters. The van der Waals surface area contributed by atoms with Gasteiger partial charge in [0.15, 0.2) is 0 Å². The second kappa shape index (κ2) is 8.05. The van der Waals surface area contributed by atoms with Gasteiger partial charge < -0.3 is 0 Å². The van der Waals surface area contributed by atoms with Gasteiger partial charge in [-0.1, -0.05) is 0 Å². The Hall–Kier alpha value is -1.50. The van der Waals surface area contributed by atoms with Crippen LogP contribution in [0.5, 0.6) is 0 Å². The van der Waals surface area contributed by atoms with Crippen molar-refractivity contribution in [2.24, 2.45) is 0 Å². The quantitative estimate of drug-likeness (QED) is 0.478. The maximum absolute atomic E-state index is 5.46. The van der Waals surface area contributed by atoms with Crippen molar-refractivity contribution in [2.45, 2.75) is 20.5 Å². The van der Waals surface area contributed by atoms with E-state index in [1.54, 1.807) is 7.11 Å². The third kappa shape index (κ3) is 3.94. The van der Waals surface area contributed by atoms with Gasteiger partial charge in [-0.05, 0) is 0 Å². The molecule has 0 saturated carbocycles. The van der Waals surface area contributed by atoms with Gasteiger partial charge >= 0.3 is 153 Å². The zero-order valence-corrected chi connectivity index (χ0v) is 18.0. The Morgan fingerprint density at radius 1 is 0.708 bits per heavy atom. The molecule has 0 radical (unpaired) electrons. The SMILES string of the molecule is COCc1cccc[c]1[Bi]([c]1ccc(C)cc1)[c]1ccc(C)cc1. The fourth-order valence-corrected chi connectivity index (χ4v) is 12.2. The van der Waals surface area contributed by atoms with Gasteiger partial charge in [-0.2, -0.15) is 0 Å². The summed E-state index contributed by atoms with van der Waals surface area (Å²) in [6, 6.07) is 27.1. The van der Waals surface area contributed by atoms with Crippen LogP contribution in [0.1, 0.15) is 16.7 Å². The van der Waals surface area contributed by atoms with Gasteiger partial charge in [0.25, 0.3) is 0 Å². The van der Waals surface area contributed by atoms with E-state index in [1.165, 1.54) is 26.5 Å². The summed E-state index contributed by atoms with van der Waals surface area (Å²) in [5, 5.41) is 0. The summed E-state index contributed by atoms with van der Waals surface area (Å²) in [5.41, 5.74) is 3.97. The molecule has 0 N–H and O–H groups in total. The van der Waals surface area contributed by atoms with Gasteiger partial charge in [0.1, 0.15) is 0 Å². The van der Waals surface area contributed by atoms with Gasteiger partial charge in [0.2, 0.25) is 0 Å². The van der Waals surface area contributed by atoms with Gasteiger partial charge in [0.05, 0.1) is 0 Å². The van der Waals surface area contributed by atoms with Crippen molar-refractivity contribution < 1.29 is 4.74 Å². The third-order valence-electron chi connectivity index (χ3n) is 4.12. The summed E-state index contributed by atoms with van der Waals surface area (Å²) in [6.07, 6.45) is 0. The van der Waals surface area contributed by atoms with Crippen molar-refractivity contribution >= 4 is 31.6 Å². The first kappa shape index (κ1) is 17.3. The molecule has 0 aliphatic rings. The molecule has 24 heavy (non-hydrogen) atoms. The van der Waals surface area contributed by atoms with Crippen LogP contribution in [0.3, 0.4) is 0 Å². The molecule has 3 aromatic rings. The van der Waals surface area contributed by atoms with Crippen LogP contribution in [-0.2, 0) is 11.3 Å². The molecule has 0 aromatic heterocycles. The Balaban J connectivity index is 2.15. The number of hydrogen-bond acceptors (Lipinski definition) is 1. The molecule has 2 heteroatoms. The van der Waals surface area contributed by atoms with Crippen molar-refractivity contribution in [3.8, 4) is 0 Å². The van der Waals surface area contributed by atoms with Crippen molar-refractivity contribution in [2.75, 3.05) is 7.11 Å². The molecule has 0 fully saturated rings. The van der Waals surface area contributed by atoms with E-state index in [0.29, 0.717) is 6.61 Å². The number of rotatable bonds is 5. The number of hydrogen-bond donors (Lipinski definition) is 0. The zero-order valence-electron chi connectivity index (χ0n) is 14.5. The predicted molar refractivity (Wildman–Crippen MR) is 104 cm³/mol. The molecule has 0 aliphatic heterocycles. The van der Waals surface area contributed by atoms with E-state index < -0.39 is 21.8 Å². The molecule has 0 spiro atoms. The number of benzene rings is 3. The van der Waals surface area contributed by atoms with E-state index in [-0.39, 0.29) is 0 Å². The molecule has 1 nitrogen and oxygen atoms in total. The minimum atomic E-state index is -2.30. The van der Waals surface area contributed by atoms with E-state index in [4.69, 9.17) is 4.74 Å². The van der Waals surface area contributed by atoms with Gasteiger partial charge in [-0.3, -0.25) is 0 Å². The topological polar surface area (TPSA) is 9.23 Å². The Kier molecular flexibility index (Phi) is 5.82. The minimum absolute atomic E-state index is 0.680. The predicted octanol–water partition coefficient (Wildman–Crippen LogP) is 2.97. The first-order chi connectivity index (χ1) is 11.7. The van der Waals surface area contributed by atoms with Crippen LogP contribution in [0.4, 0.5) is 0 Å². The van der Waals surface area contributed by atoms with Crippen molar-refractivity contribution in [1.82, 2.24) is 0 Å². The molecule has 122 valence electrons. The van der Waals surface area contributed by atoms with Crippen LogP contribution in [0.2, 0.25) is 0 Å². The van der Waals surface area contributed by atoms with Gasteiger partial charge in [-0.25, -0.2) is 0 Å². The monoisotopic (exact) mass is 512 g/mol. The van der Waals surface area contributed by atoms with Crippen molar-refractivity contribution in [3.05, 3.63) is 89.5 Å². The van der Waals surface area contributed by atoms with Crippen LogP contribution in [0.25, 0.3) is 0 Å². The number of ether oxygens (including phenoxy) is 1. The number of methoxy groups -OCH3 is 1. The van der Waals surface area contributed by atoms with Crippen LogP contribution in [0.15, 0.2) is 72.8 Å². The average molecular weight is 512 g/mol. The molecule has 0 unspecified atom stereocenters.